The van der Waals surface area contributed by atoms with E-state index >= 15 is 0 Å². The van der Waals surface area contributed by atoms with E-state index in [2.05, 4.69) is 21.9 Å². The smallest absolute Gasteiger partial charge is 0.142 e. The average Bonchev–Trinajstić information content (AvgIpc) is 2.28. The molecule has 2 rings (SSSR count). The molecule has 2 heterocycles. The van der Waals surface area contributed by atoms with Crippen molar-refractivity contribution in [3.05, 3.63) is 40.8 Å². The van der Waals surface area contributed by atoms with Crippen molar-refractivity contribution in [3.63, 3.8) is 0 Å². The second-order valence-corrected chi connectivity index (χ2v) is 4.14. The van der Waals surface area contributed by atoms with Gasteiger partial charge in [-0.3, -0.25) is 4.98 Å². The Morgan fingerprint density at radius 1 is 1.35 bits per heavy atom. The number of H-pyrrole nitrogens is 1. The number of halogens is 1. The largest absolute Gasteiger partial charge is 0.343 e. The lowest BCUT2D eigenvalue weighted by atomic mass is 10.2. The molecule has 0 saturated heterocycles. The average molecular weight is 249 g/mol. The molecule has 0 aromatic carbocycles. The van der Waals surface area contributed by atoms with E-state index in [0.717, 1.165) is 24.4 Å². The van der Waals surface area contributed by atoms with Gasteiger partial charge in [0.15, 0.2) is 0 Å². The number of nitrogens with zero attached hydrogens (tertiary/aromatic N) is 2. The number of hydrogen-bond donors (Lipinski definition) is 1. The van der Waals surface area contributed by atoms with Crippen LogP contribution in [0.3, 0.4) is 0 Å². The topological polar surface area (TPSA) is 41.6 Å². The number of aromatic nitrogens is 3. The van der Waals surface area contributed by atoms with Gasteiger partial charge in [-0.15, -0.1) is 0 Å². The van der Waals surface area contributed by atoms with E-state index in [-0.39, 0.29) is 5.82 Å². The monoisotopic (exact) mass is 249 g/mol. The van der Waals surface area contributed by atoms with Gasteiger partial charge in [0.25, 0.3) is 0 Å². The molecular weight excluding hydrogens is 237 g/mol. The summed E-state index contributed by atoms with van der Waals surface area (Å²) in [6.45, 7) is 2.06. The Morgan fingerprint density at radius 2 is 2.18 bits per heavy atom. The third kappa shape index (κ3) is 2.94. The Bertz CT molecular complexity index is 580. The van der Waals surface area contributed by atoms with E-state index in [1.54, 1.807) is 12.3 Å². The van der Waals surface area contributed by atoms with Crippen LogP contribution in [0.5, 0.6) is 0 Å². The Hall–Kier alpha value is -1.62. The molecular formula is C12H12FN3S. The van der Waals surface area contributed by atoms with Crippen molar-refractivity contribution in [2.45, 2.75) is 19.8 Å². The number of pyridine rings is 1. The maximum atomic E-state index is 13.1. The zero-order chi connectivity index (χ0) is 12.3. The highest BCUT2D eigenvalue weighted by Crippen LogP contribution is 2.17. The van der Waals surface area contributed by atoms with Crippen molar-refractivity contribution in [1.82, 2.24) is 15.0 Å². The summed E-state index contributed by atoms with van der Waals surface area (Å²) >= 11 is 5.09. The second kappa shape index (κ2) is 5.14. The van der Waals surface area contributed by atoms with Crippen LogP contribution in [-0.2, 0) is 6.42 Å². The van der Waals surface area contributed by atoms with Crippen molar-refractivity contribution in [3.8, 4) is 11.3 Å². The molecule has 0 atom stereocenters. The molecule has 0 aliphatic rings. The molecule has 0 aliphatic carbocycles. The predicted octanol–water partition coefficient (Wildman–Crippen LogP) is 3.29. The fraction of sp³-hybridized carbons (Fsp3) is 0.250. The van der Waals surface area contributed by atoms with Crippen LogP contribution in [0.1, 0.15) is 19.2 Å². The van der Waals surface area contributed by atoms with Crippen LogP contribution in [0.2, 0.25) is 0 Å². The van der Waals surface area contributed by atoms with Crippen molar-refractivity contribution < 1.29 is 4.39 Å². The Morgan fingerprint density at radius 3 is 2.88 bits per heavy atom. The number of hydrogen-bond acceptors (Lipinski definition) is 3. The second-order valence-electron chi connectivity index (χ2n) is 3.72. The van der Waals surface area contributed by atoms with Gasteiger partial charge in [0.05, 0.1) is 11.9 Å². The van der Waals surface area contributed by atoms with Crippen LogP contribution < -0.4 is 0 Å². The van der Waals surface area contributed by atoms with E-state index in [1.807, 2.05) is 0 Å². The van der Waals surface area contributed by atoms with E-state index in [0.29, 0.717) is 10.2 Å². The van der Waals surface area contributed by atoms with Crippen molar-refractivity contribution in [1.29, 1.82) is 0 Å². The summed E-state index contributed by atoms with van der Waals surface area (Å²) in [6, 6.07) is 3.13. The number of aryl methyl sites for hydroxylation is 1. The molecule has 2 aromatic heterocycles. The number of aromatic amines is 1. The van der Waals surface area contributed by atoms with Gasteiger partial charge in [-0.25, -0.2) is 9.37 Å². The summed E-state index contributed by atoms with van der Waals surface area (Å²) in [6.07, 6.45) is 4.56. The first-order chi connectivity index (χ1) is 8.19. The summed E-state index contributed by atoms with van der Waals surface area (Å²) in [4.78, 5) is 11.2. The van der Waals surface area contributed by atoms with Gasteiger partial charge in [-0.05, 0) is 18.6 Å². The van der Waals surface area contributed by atoms with Crippen LogP contribution in [0.25, 0.3) is 11.3 Å². The van der Waals surface area contributed by atoms with Gasteiger partial charge in [0.2, 0.25) is 0 Å². The maximum absolute atomic E-state index is 13.1. The molecule has 1 N–H and O–H groups in total. The lowest BCUT2D eigenvalue weighted by Gasteiger charge is -2.05. The summed E-state index contributed by atoms with van der Waals surface area (Å²) in [5.74, 6) is 0.454. The third-order valence-corrected chi connectivity index (χ3v) is 2.50. The summed E-state index contributed by atoms with van der Waals surface area (Å²) in [7, 11) is 0. The summed E-state index contributed by atoms with van der Waals surface area (Å²) < 4.78 is 13.6. The number of rotatable bonds is 3. The third-order valence-electron chi connectivity index (χ3n) is 2.29. The van der Waals surface area contributed by atoms with Crippen LogP contribution in [0, 0.1) is 10.5 Å². The first kappa shape index (κ1) is 11.9. The Balaban J connectivity index is 2.48. The molecule has 2 aromatic rings. The Kier molecular flexibility index (Phi) is 3.58. The minimum Gasteiger partial charge on any atom is -0.343 e. The lowest BCUT2D eigenvalue weighted by molar-refractivity contribution is 0.622. The quantitative estimate of drug-likeness (QED) is 0.849. The van der Waals surface area contributed by atoms with E-state index in [1.165, 1.54) is 12.3 Å². The molecule has 0 saturated carbocycles. The van der Waals surface area contributed by atoms with Crippen molar-refractivity contribution in [2.75, 3.05) is 0 Å². The normalized spacial score (nSPS) is 10.5. The molecule has 3 nitrogen and oxygen atoms in total. The van der Waals surface area contributed by atoms with Gasteiger partial charge in [-0.2, -0.15) is 0 Å². The van der Waals surface area contributed by atoms with Crippen LogP contribution in [-0.4, -0.2) is 15.0 Å². The zero-order valence-electron chi connectivity index (χ0n) is 9.40. The first-order valence-electron chi connectivity index (χ1n) is 5.40. The maximum Gasteiger partial charge on any atom is 0.142 e. The minimum absolute atomic E-state index is 0.365. The van der Waals surface area contributed by atoms with Gasteiger partial charge in [-0.1, -0.05) is 19.1 Å². The van der Waals surface area contributed by atoms with Crippen LogP contribution >= 0.6 is 12.2 Å². The molecule has 0 spiro atoms. The summed E-state index contributed by atoms with van der Waals surface area (Å²) in [5.41, 5.74) is 1.43. The fourth-order valence-corrected chi connectivity index (χ4v) is 1.81. The van der Waals surface area contributed by atoms with Crippen LogP contribution in [0.15, 0.2) is 24.5 Å². The van der Waals surface area contributed by atoms with E-state index in [9.17, 15) is 4.39 Å². The molecule has 0 fully saturated rings. The fourth-order valence-electron chi connectivity index (χ4n) is 1.58. The molecule has 17 heavy (non-hydrogen) atoms. The SMILES string of the molecule is CCCc1nc(=S)cc(-c2cncc(F)c2)[nH]1. The molecule has 0 radical (unpaired) electrons. The minimum atomic E-state index is -0.365. The number of nitrogens with one attached hydrogen (secondary N) is 1. The highest BCUT2D eigenvalue weighted by Gasteiger charge is 2.03. The van der Waals surface area contributed by atoms with Crippen molar-refractivity contribution in [2.24, 2.45) is 0 Å². The molecule has 0 unspecified atom stereocenters. The Labute approximate surface area is 104 Å². The van der Waals surface area contributed by atoms with Gasteiger partial charge in [0.1, 0.15) is 16.3 Å². The zero-order valence-corrected chi connectivity index (χ0v) is 10.2. The van der Waals surface area contributed by atoms with E-state index < -0.39 is 0 Å². The van der Waals surface area contributed by atoms with Gasteiger partial charge < -0.3 is 4.98 Å². The highest BCUT2D eigenvalue weighted by molar-refractivity contribution is 7.71. The molecule has 0 amide bonds. The first-order valence-corrected chi connectivity index (χ1v) is 5.81. The predicted molar refractivity (Wildman–Crippen MR) is 66.6 cm³/mol. The lowest BCUT2D eigenvalue weighted by Crippen LogP contribution is -1.97. The highest BCUT2D eigenvalue weighted by atomic mass is 32.1. The van der Waals surface area contributed by atoms with Crippen molar-refractivity contribution >= 4 is 12.2 Å². The molecule has 88 valence electrons. The molecule has 0 bridgehead atoms. The standard InChI is InChI=1S/C12H12FN3S/c1-2-3-11-15-10(5-12(17)16-11)8-4-9(13)7-14-6-8/h4-7H,2-3H2,1H3,(H,15,16,17). The van der Waals surface area contributed by atoms with Gasteiger partial charge >= 0.3 is 0 Å². The summed E-state index contributed by atoms with van der Waals surface area (Å²) in [5, 5.41) is 0. The van der Waals surface area contributed by atoms with E-state index in [4.69, 9.17) is 12.2 Å². The van der Waals surface area contributed by atoms with Crippen LogP contribution in [0.4, 0.5) is 4.39 Å². The molecule has 0 aliphatic heterocycles. The van der Waals surface area contributed by atoms with Gasteiger partial charge in [0, 0.05) is 18.2 Å². The molecule has 5 heteroatoms.